The molecule has 2 nitrogen and oxygen atoms in total. The Hall–Kier alpha value is -1.85. The molecule has 23 heavy (non-hydrogen) atoms. The van der Waals surface area contributed by atoms with Gasteiger partial charge in [0.25, 0.3) is 0 Å². The lowest BCUT2D eigenvalue weighted by molar-refractivity contribution is -0.137. The molecule has 0 saturated carbocycles. The molecule has 5 heteroatoms. The second kappa shape index (κ2) is 5.08. The van der Waals surface area contributed by atoms with Crippen molar-refractivity contribution in [2.24, 2.45) is 0 Å². The van der Waals surface area contributed by atoms with Gasteiger partial charge in [0, 0.05) is 16.7 Å². The maximum Gasteiger partial charge on any atom is 0.416 e. The summed E-state index contributed by atoms with van der Waals surface area (Å²) in [7, 11) is 0. The van der Waals surface area contributed by atoms with Crippen LogP contribution in [0.25, 0.3) is 0 Å². The van der Waals surface area contributed by atoms with Crippen LogP contribution in [0.3, 0.4) is 0 Å². The van der Waals surface area contributed by atoms with Gasteiger partial charge in [0.1, 0.15) is 0 Å². The third kappa shape index (κ3) is 2.75. The van der Waals surface area contributed by atoms with Crippen molar-refractivity contribution < 1.29 is 18.0 Å². The van der Waals surface area contributed by atoms with Crippen LogP contribution in [0, 0.1) is 0 Å². The van der Waals surface area contributed by atoms with Gasteiger partial charge in [-0.05, 0) is 32.9 Å². The van der Waals surface area contributed by atoms with Crippen LogP contribution >= 0.6 is 0 Å². The summed E-state index contributed by atoms with van der Waals surface area (Å²) in [6.07, 6.45) is -4.34. The van der Waals surface area contributed by atoms with Crippen molar-refractivity contribution >= 4 is 0 Å². The van der Waals surface area contributed by atoms with Gasteiger partial charge in [0.15, 0.2) is 0 Å². The van der Waals surface area contributed by atoms with E-state index < -0.39 is 17.5 Å². The van der Waals surface area contributed by atoms with Crippen molar-refractivity contribution in [2.45, 2.75) is 38.2 Å². The molecule has 3 rings (SSSR count). The normalized spacial score (nSPS) is 24.5. The van der Waals surface area contributed by atoms with Crippen molar-refractivity contribution in [3.63, 3.8) is 0 Å². The van der Waals surface area contributed by atoms with Crippen LogP contribution in [0.2, 0.25) is 0 Å². The average molecular weight is 321 g/mol. The van der Waals surface area contributed by atoms with E-state index in [4.69, 9.17) is 4.84 Å². The number of nitrogens with zero attached hydrogens (tertiary/aromatic N) is 1. The maximum atomic E-state index is 12.8. The Morgan fingerprint density at radius 1 is 0.826 bits per heavy atom. The monoisotopic (exact) mass is 321 g/mol. The number of hydrogen-bond donors (Lipinski definition) is 0. The van der Waals surface area contributed by atoms with E-state index in [2.05, 4.69) is 0 Å². The fraction of sp³-hybridized carbons (Fsp3) is 0.333. The molecule has 1 saturated heterocycles. The number of alkyl halides is 3. The molecule has 1 heterocycles. The highest BCUT2D eigenvalue weighted by Crippen LogP contribution is 2.54. The summed E-state index contributed by atoms with van der Waals surface area (Å²) in [5.41, 5.74) is -0.184. The zero-order valence-corrected chi connectivity index (χ0v) is 13.2. The smallest absolute Gasteiger partial charge is 0.260 e. The summed E-state index contributed by atoms with van der Waals surface area (Å²) in [6.45, 7) is 6.01. The Labute approximate surface area is 133 Å². The van der Waals surface area contributed by atoms with Gasteiger partial charge in [-0.2, -0.15) is 13.2 Å². The topological polar surface area (TPSA) is 15.5 Å². The molecule has 1 fully saturated rings. The summed E-state index contributed by atoms with van der Waals surface area (Å²) in [5.74, 6) is 0. The predicted molar refractivity (Wildman–Crippen MR) is 81.3 cm³/mol. The van der Waals surface area contributed by atoms with Gasteiger partial charge >= 0.3 is 6.18 Å². The first-order valence-electron chi connectivity index (χ1n) is 7.38. The molecule has 0 aromatic heterocycles. The Kier molecular flexibility index (Phi) is 3.54. The highest BCUT2D eigenvalue weighted by molar-refractivity contribution is 5.40. The summed E-state index contributed by atoms with van der Waals surface area (Å²) in [4.78, 5) is 5.92. The maximum absolute atomic E-state index is 12.8. The van der Waals surface area contributed by atoms with Gasteiger partial charge in [-0.25, -0.2) is 0 Å². The van der Waals surface area contributed by atoms with Gasteiger partial charge in [-0.1, -0.05) is 42.5 Å². The lowest BCUT2D eigenvalue weighted by atomic mass is 9.93. The second-order valence-electron chi connectivity index (χ2n) is 6.64. The van der Waals surface area contributed by atoms with Crippen LogP contribution in [0.15, 0.2) is 54.6 Å². The third-order valence-corrected chi connectivity index (χ3v) is 3.85. The minimum atomic E-state index is -4.34. The summed E-state index contributed by atoms with van der Waals surface area (Å²) >= 11 is 0. The zero-order chi connectivity index (χ0) is 16.9. The molecule has 0 bridgehead atoms. The molecule has 1 aliphatic heterocycles. The molecule has 2 aromatic rings. The van der Waals surface area contributed by atoms with E-state index in [9.17, 15) is 13.2 Å². The SMILES string of the molecule is CC(C)(C)N1O[C@]1(c1ccccc1)c1ccc(C(F)(F)F)cc1. The van der Waals surface area contributed by atoms with Crippen LogP contribution in [-0.4, -0.2) is 10.6 Å². The predicted octanol–water partition coefficient (Wildman–Crippen LogP) is 4.95. The Morgan fingerprint density at radius 2 is 1.35 bits per heavy atom. The number of rotatable bonds is 2. The molecule has 0 radical (unpaired) electrons. The minimum Gasteiger partial charge on any atom is -0.260 e. The largest absolute Gasteiger partial charge is 0.416 e. The number of benzene rings is 2. The first-order valence-corrected chi connectivity index (χ1v) is 7.38. The van der Waals surface area contributed by atoms with Gasteiger partial charge in [0.05, 0.1) is 5.56 Å². The van der Waals surface area contributed by atoms with E-state index in [0.717, 1.165) is 17.7 Å². The minimum absolute atomic E-state index is 0.279. The van der Waals surface area contributed by atoms with Crippen molar-refractivity contribution in [1.29, 1.82) is 0 Å². The van der Waals surface area contributed by atoms with E-state index in [1.54, 1.807) is 0 Å². The third-order valence-electron chi connectivity index (χ3n) is 3.85. The molecule has 1 unspecified atom stereocenters. The van der Waals surface area contributed by atoms with Gasteiger partial charge in [0.2, 0.25) is 5.72 Å². The van der Waals surface area contributed by atoms with Crippen LogP contribution in [0.1, 0.15) is 37.5 Å². The fourth-order valence-electron chi connectivity index (χ4n) is 2.78. The highest BCUT2D eigenvalue weighted by Gasteiger charge is 2.62. The van der Waals surface area contributed by atoms with E-state index in [1.165, 1.54) is 12.1 Å². The molecule has 1 aliphatic rings. The quantitative estimate of drug-likeness (QED) is 0.727. The Bertz CT molecular complexity index is 689. The van der Waals surface area contributed by atoms with Crippen molar-refractivity contribution in [3.05, 3.63) is 71.3 Å². The molecule has 0 amide bonds. The molecular formula is C18H18F3NO. The number of hydrogen-bond acceptors (Lipinski definition) is 2. The van der Waals surface area contributed by atoms with Crippen LogP contribution in [0.4, 0.5) is 13.2 Å². The van der Waals surface area contributed by atoms with Crippen molar-refractivity contribution in [1.82, 2.24) is 5.06 Å². The van der Waals surface area contributed by atoms with Gasteiger partial charge in [-0.15, -0.1) is 5.06 Å². The second-order valence-corrected chi connectivity index (χ2v) is 6.64. The van der Waals surface area contributed by atoms with E-state index >= 15 is 0 Å². The molecule has 122 valence electrons. The van der Waals surface area contributed by atoms with E-state index in [0.29, 0.717) is 5.56 Å². The number of halogens is 3. The molecular weight excluding hydrogens is 303 g/mol. The van der Waals surface area contributed by atoms with Crippen LogP contribution in [0.5, 0.6) is 0 Å². The zero-order valence-electron chi connectivity index (χ0n) is 13.2. The highest BCUT2D eigenvalue weighted by atomic mass is 19.4. The van der Waals surface area contributed by atoms with Gasteiger partial charge in [-0.3, -0.25) is 4.84 Å². The Balaban J connectivity index is 2.05. The number of hydroxylamine groups is 2. The Morgan fingerprint density at radius 3 is 1.78 bits per heavy atom. The lowest BCUT2D eigenvalue weighted by Crippen LogP contribution is -2.32. The van der Waals surface area contributed by atoms with Crippen LogP contribution < -0.4 is 0 Å². The summed E-state index contributed by atoms with van der Waals surface area (Å²) < 4.78 is 38.3. The average Bonchev–Trinajstić information content (AvgIpc) is 3.24. The lowest BCUT2D eigenvalue weighted by Gasteiger charge is -2.22. The van der Waals surface area contributed by atoms with E-state index in [1.807, 2.05) is 56.2 Å². The molecule has 0 spiro atoms. The molecule has 0 aliphatic carbocycles. The molecule has 2 aromatic carbocycles. The fourth-order valence-corrected chi connectivity index (χ4v) is 2.78. The summed E-state index contributed by atoms with van der Waals surface area (Å²) in [5, 5.41) is 1.82. The first-order chi connectivity index (χ1) is 10.7. The van der Waals surface area contributed by atoms with E-state index in [-0.39, 0.29) is 5.54 Å². The first kappa shape index (κ1) is 16.0. The van der Waals surface area contributed by atoms with Crippen molar-refractivity contribution in [2.75, 3.05) is 0 Å². The molecule has 2 atom stereocenters. The molecule has 0 N–H and O–H groups in total. The van der Waals surface area contributed by atoms with Crippen molar-refractivity contribution in [3.8, 4) is 0 Å². The standard InChI is InChI=1S/C18H18F3NO/c1-16(2,3)22-17(23-22,13-7-5-4-6-8-13)14-9-11-15(12-10-14)18(19,20)21/h4-12H,1-3H3/t17-,22?/m1/s1. The van der Waals surface area contributed by atoms with Gasteiger partial charge < -0.3 is 0 Å². The van der Waals surface area contributed by atoms with Crippen LogP contribution in [-0.2, 0) is 16.7 Å². The summed E-state index contributed by atoms with van der Waals surface area (Å²) in [6, 6.07) is 14.7.